The highest BCUT2D eigenvalue weighted by molar-refractivity contribution is 5.55. The molecule has 1 N–H and O–H groups in total. The number of benzene rings is 1. The van der Waals surface area contributed by atoms with Crippen LogP contribution in [0.15, 0.2) is 22.7 Å². The molecule has 0 spiro atoms. The first-order valence-corrected chi connectivity index (χ1v) is 7.09. The molecule has 6 heteroatoms. The molecule has 0 aliphatic heterocycles. The molecular weight excluding hydrogens is 283 g/mol. The van der Waals surface area contributed by atoms with Crippen LogP contribution in [0.25, 0.3) is 11.4 Å². The van der Waals surface area contributed by atoms with E-state index in [1.54, 1.807) is 19.1 Å². The highest BCUT2D eigenvalue weighted by atomic mass is 19.1. The van der Waals surface area contributed by atoms with Crippen LogP contribution in [0.4, 0.5) is 4.39 Å². The lowest BCUT2D eigenvalue weighted by molar-refractivity contribution is 0.370. The predicted molar refractivity (Wildman–Crippen MR) is 80.0 cm³/mol. The van der Waals surface area contributed by atoms with Crippen molar-refractivity contribution < 1.29 is 8.91 Å². The summed E-state index contributed by atoms with van der Waals surface area (Å²) in [5.41, 5.74) is 4.12. The summed E-state index contributed by atoms with van der Waals surface area (Å²) in [6.45, 7) is 7.59. The van der Waals surface area contributed by atoms with Gasteiger partial charge in [0, 0.05) is 16.8 Å². The fraction of sp³-hybridized carbons (Fsp3) is 0.312. The Morgan fingerprint density at radius 3 is 2.64 bits per heavy atom. The van der Waals surface area contributed by atoms with Crippen LogP contribution in [-0.4, -0.2) is 20.3 Å². The molecule has 3 aromatic rings. The monoisotopic (exact) mass is 300 g/mol. The molecule has 0 fully saturated rings. The van der Waals surface area contributed by atoms with Crippen molar-refractivity contribution in [1.29, 1.82) is 0 Å². The second-order valence-corrected chi connectivity index (χ2v) is 5.49. The third-order valence-corrected chi connectivity index (χ3v) is 3.86. The minimum atomic E-state index is -0.279. The van der Waals surface area contributed by atoms with Gasteiger partial charge in [0.1, 0.15) is 5.82 Å². The number of aryl methyl sites for hydroxylation is 3. The minimum absolute atomic E-state index is 0.0738. The summed E-state index contributed by atoms with van der Waals surface area (Å²) in [7, 11) is 0. The molecule has 1 atom stereocenters. The van der Waals surface area contributed by atoms with Crippen molar-refractivity contribution in [3.63, 3.8) is 0 Å². The van der Waals surface area contributed by atoms with E-state index in [2.05, 4.69) is 20.3 Å². The Balaban J connectivity index is 1.95. The van der Waals surface area contributed by atoms with Gasteiger partial charge in [0.2, 0.25) is 11.7 Å². The zero-order valence-electron chi connectivity index (χ0n) is 12.9. The van der Waals surface area contributed by atoms with Crippen molar-refractivity contribution in [1.82, 2.24) is 20.3 Å². The van der Waals surface area contributed by atoms with E-state index in [4.69, 9.17) is 4.52 Å². The third kappa shape index (κ3) is 2.41. The fourth-order valence-electron chi connectivity index (χ4n) is 2.58. The van der Waals surface area contributed by atoms with Crippen LogP contribution in [0.3, 0.4) is 0 Å². The number of H-pyrrole nitrogens is 1. The number of nitrogens with zero attached hydrogens (tertiary/aromatic N) is 3. The Bertz CT molecular complexity index is 802. The SMILES string of the molecule is Cc1ccc(-c2noc(C(C)c3c(C)n[nH]c3C)n2)cc1F. The van der Waals surface area contributed by atoms with Gasteiger partial charge in [-0.1, -0.05) is 17.3 Å². The van der Waals surface area contributed by atoms with Crippen LogP contribution in [0.5, 0.6) is 0 Å². The second-order valence-electron chi connectivity index (χ2n) is 5.49. The molecule has 0 amide bonds. The lowest BCUT2D eigenvalue weighted by atomic mass is 9.99. The smallest absolute Gasteiger partial charge is 0.234 e. The number of nitrogens with one attached hydrogen (secondary N) is 1. The summed E-state index contributed by atoms with van der Waals surface area (Å²) in [5.74, 6) is 0.525. The zero-order chi connectivity index (χ0) is 15.9. The topological polar surface area (TPSA) is 67.6 Å². The molecule has 3 rings (SSSR count). The van der Waals surface area contributed by atoms with Crippen molar-refractivity contribution in [2.24, 2.45) is 0 Å². The lowest BCUT2D eigenvalue weighted by Gasteiger charge is -2.06. The van der Waals surface area contributed by atoms with Gasteiger partial charge in [-0.05, 0) is 39.3 Å². The van der Waals surface area contributed by atoms with Crippen LogP contribution in [0.2, 0.25) is 0 Å². The quantitative estimate of drug-likeness (QED) is 0.801. The molecule has 5 nitrogen and oxygen atoms in total. The molecular formula is C16H17FN4O. The number of aromatic nitrogens is 4. The van der Waals surface area contributed by atoms with Crippen LogP contribution in [0, 0.1) is 26.6 Å². The molecule has 1 aromatic carbocycles. The maximum atomic E-state index is 13.7. The van der Waals surface area contributed by atoms with Crippen molar-refractivity contribution in [3.8, 4) is 11.4 Å². The largest absolute Gasteiger partial charge is 0.338 e. The van der Waals surface area contributed by atoms with Gasteiger partial charge < -0.3 is 4.52 Å². The Hall–Kier alpha value is -2.50. The van der Waals surface area contributed by atoms with Crippen molar-refractivity contribution in [2.45, 2.75) is 33.6 Å². The lowest BCUT2D eigenvalue weighted by Crippen LogP contribution is -1.99. The van der Waals surface area contributed by atoms with Crippen LogP contribution in [-0.2, 0) is 0 Å². The first-order valence-electron chi connectivity index (χ1n) is 7.09. The normalized spacial score (nSPS) is 12.6. The summed E-state index contributed by atoms with van der Waals surface area (Å²) in [6.07, 6.45) is 0. The van der Waals surface area contributed by atoms with Gasteiger partial charge in [0.15, 0.2) is 0 Å². The van der Waals surface area contributed by atoms with Crippen molar-refractivity contribution in [3.05, 3.63) is 52.4 Å². The molecule has 0 radical (unpaired) electrons. The van der Waals surface area contributed by atoms with Gasteiger partial charge in [-0.25, -0.2) is 4.39 Å². The van der Waals surface area contributed by atoms with E-state index in [-0.39, 0.29) is 11.7 Å². The Morgan fingerprint density at radius 2 is 2.00 bits per heavy atom. The van der Waals surface area contributed by atoms with Gasteiger partial charge in [0.05, 0.1) is 11.6 Å². The number of hydrogen-bond donors (Lipinski definition) is 1. The standard InChI is InChI=1S/C16H17FN4O/c1-8-5-6-12(7-13(8)17)15-18-16(22-21-15)9(2)14-10(3)19-20-11(14)4/h5-7,9H,1-4H3,(H,19,20). The summed E-state index contributed by atoms with van der Waals surface area (Å²) >= 11 is 0. The number of hydrogen-bond acceptors (Lipinski definition) is 4. The van der Waals surface area contributed by atoms with E-state index in [0.717, 1.165) is 17.0 Å². The molecule has 0 bridgehead atoms. The number of rotatable bonds is 3. The van der Waals surface area contributed by atoms with Gasteiger partial charge in [-0.15, -0.1) is 0 Å². The van der Waals surface area contributed by atoms with E-state index < -0.39 is 0 Å². The van der Waals surface area contributed by atoms with Crippen molar-refractivity contribution >= 4 is 0 Å². The van der Waals surface area contributed by atoms with Gasteiger partial charge in [-0.2, -0.15) is 10.1 Å². The highest BCUT2D eigenvalue weighted by Gasteiger charge is 2.22. The van der Waals surface area contributed by atoms with Gasteiger partial charge >= 0.3 is 0 Å². The maximum absolute atomic E-state index is 13.7. The average Bonchev–Trinajstić information content (AvgIpc) is 3.09. The predicted octanol–water partition coefficient (Wildman–Crippen LogP) is 3.68. The molecule has 22 heavy (non-hydrogen) atoms. The molecule has 0 saturated heterocycles. The molecule has 2 heterocycles. The van der Waals surface area contributed by atoms with E-state index >= 15 is 0 Å². The van der Waals surface area contributed by atoms with E-state index in [0.29, 0.717) is 22.8 Å². The van der Waals surface area contributed by atoms with E-state index in [1.807, 2.05) is 20.8 Å². The summed E-state index contributed by atoms with van der Waals surface area (Å²) in [6, 6.07) is 4.91. The zero-order valence-corrected chi connectivity index (χ0v) is 12.9. The third-order valence-electron chi connectivity index (χ3n) is 3.86. The summed E-state index contributed by atoms with van der Waals surface area (Å²) in [4.78, 5) is 4.40. The Morgan fingerprint density at radius 1 is 1.23 bits per heavy atom. The van der Waals surface area contributed by atoms with Crippen LogP contribution in [0.1, 0.15) is 41.2 Å². The molecule has 114 valence electrons. The number of aromatic amines is 1. The number of halogens is 1. The van der Waals surface area contributed by atoms with Gasteiger partial charge in [-0.3, -0.25) is 5.10 Å². The first-order chi connectivity index (χ1) is 10.5. The summed E-state index contributed by atoms with van der Waals surface area (Å²) in [5, 5.41) is 11.1. The van der Waals surface area contributed by atoms with Crippen LogP contribution < -0.4 is 0 Å². The highest BCUT2D eigenvalue weighted by Crippen LogP contribution is 2.28. The summed E-state index contributed by atoms with van der Waals surface area (Å²) < 4.78 is 19.0. The van der Waals surface area contributed by atoms with E-state index in [9.17, 15) is 4.39 Å². The van der Waals surface area contributed by atoms with E-state index in [1.165, 1.54) is 6.07 Å². The Labute approximate surface area is 127 Å². The minimum Gasteiger partial charge on any atom is -0.338 e. The first kappa shape index (κ1) is 14.4. The second kappa shape index (κ2) is 5.36. The van der Waals surface area contributed by atoms with Crippen LogP contribution >= 0.6 is 0 Å². The molecule has 2 aromatic heterocycles. The maximum Gasteiger partial charge on any atom is 0.234 e. The molecule has 0 saturated carbocycles. The Kier molecular flexibility index (Phi) is 3.52. The fourth-order valence-corrected chi connectivity index (χ4v) is 2.58. The van der Waals surface area contributed by atoms with Gasteiger partial charge in [0.25, 0.3) is 0 Å². The molecule has 0 aliphatic rings. The molecule has 0 aliphatic carbocycles. The molecule has 1 unspecified atom stereocenters. The van der Waals surface area contributed by atoms with Crippen molar-refractivity contribution in [2.75, 3.05) is 0 Å². The average molecular weight is 300 g/mol.